The minimum absolute atomic E-state index is 0.0294. The fourth-order valence-corrected chi connectivity index (χ4v) is 3.65. The number of nitrogens with zero attached hydrogens (tertiary/aromatic N) is 1. The molecule has 3 aromatic rings. The van der Waals surface area contributed by atoms with E-state index in [9.17, 15) is 4.79 Å². The van der Waals surface area contributed by atoms with Crippen LogP contribution in [0, 0.1) is 13.8 Å². The van der Waals surface area contributed by atoms with Crippen LogP contribution in [0.2, 0.25) is 0 Å². The largest absolute Gasteiger partial charge is 0.483 e. The van der Waals surface area contributed by atoms with E-state index >= 15 is 0 Å². The molecule has 0 saturated carbocycles. The van der Waals surface area contributed by atoms with E-state index in [4.69, 9.17) is 4.74 Å². The summed E-state index contributed by atoms with van der Waals surface area (Å²) in [6.07, 6.45) is 1.10. The Morgan fingerprint density at radius 2 is 2.08 bits per heavy atom. The van der Waals surface area contributed by atoms with E-state index in [1.54, 1.807) is 0 Å². The van der Waals surface area contributed by atoms with E-state index in [-0.39, 0.29) is 12.5 Å². The number of hydrogen-bond acceptors (Lipinski definition) is 4. The second-order valence-electron chi connectivity index (χ2n) is 6.59. The van der Waals surface area contributed by atoms with Crippen LogP contribution in [-0.2, 0) is 4.79 Å². The zero-order valence-corrected chi connectivity index (χ0v) is 16.4. The summed E-state index contributed by atoms with van der Waals surface area (Å²) in [7, 11) is 0. The maximum Gasteiger partial charge on any atom is 0.264 e. The van der Waals surface area contributed by atoms with Gasteiger partial charge >= 0.3 is 0 Å². The van der Waals surface area contributed by atoms with Gasteiger partial charge in [0.2, 0.25) is 0 Å². The molecule has 0 fully saturated rings. The van der Waals surface area contributed by atoms with Crippen LogP contribution < -0.4 is 10.1 Å². The van der Waals surface area contributed by atoms with Crippen molar-refractivity contribution in [2.24, 2.45) is 0 Å². The molecule has 26 heavy (non-hydrogen) atoms. The van der Waals surface area contributed by atoms with Gasteiger partial charge in [-0.1, -0.05) is 43.4 Å². The van der Waals surface area contributed by atoms with Gasteiger partial charge in [-0.2, -0.15) is 0 Å². The summed E-state index contributed by atoms with van der Waals surface area (Å²) in [6, 6.07) is 12.1. The Hall–Kier alpha value is -2.40. The molecule has 0 bridgehead atoms. The summed E-state index contributed by atoms with van der Waals surface area (Å²) in [4.78, 5) is 16.7. The van der Waals surface area contributed by atoms with Gasteiger partial charge in [0, 0.05) is 0 Å². The van der Waals surface area contributed by atoms with Gasteiger partial charge in [0.25, 0.3) is 5.91 Å². The number of carbonyl (C=O) groups is 1. The summed E-state index contributed by atoms with van der Waals surface area (Å²) in [5.74, 6) is 1.06. The molecule has 136 valence electrons. The molecular weight excluding hydrogens is 344 g/mol. The Labute approximate surface area is 158 Å². The van der Waals surface area contributed by atoms with Gasteiger partial charge < -0.3 is 4.74 Å². The molecule has 4 nitrogen and oxygen atoms in total. The first-order chi connectivity index (χ1) is 12.5. The highest BCUT2D eigenvalue weighted by atomic mass is 32.1. The molecule has 1 amide bonds. The molecule has 1 heterocycles. The number of nitrogens with one attached hydrogen (secondary N) is 1. The predicted molar refractivity (Wildman–Crippen MR) is 108 cm³/mol. The maximum atomic E-state index is 12.2. The summed E-state index contributed by atoms with van der Waals surface area (Å²) in [5, 5.41) is 3.45. The van der Waals surface area contributed by atoms with E-state index in [2.05, 4.69) is 36.3 Å². The van der Waals surface area contributed by atoms with Gasteiger partial charge in [-0.3, -0.25) is 10.1 Å². The van der Waals surface area contributed by atoms with Gasteiger partial charge in [-0.05, 0) is 61.1 Å². The molecule has 5 heteroatoms. The first kappa shape index (κ1) is 18.4. The van der Waals surface area contributed by atoms with Crippen LogP contribution in [0.25, 0.3) is 10.2 Å². The SMILES string of the molecule is CCC(C)c1ccc2nc(NC(=O)COc3cccc(C)c3C)sc2c1. The van der Waals surface area contributed by atoms with Crippen LogP contribution in [0.15, 0.2) is 36.4 Å². The average molecular weight is 369 g/mol. The fraction of sp³-hybridized carbons (Fsp3) is 0.333. The minimum atomic E-state index is -0.202. The Morgan fingerprint density at radius 3 is 2.85 bits per heavy atom. The number of hydrogen-bond donors (Lipinski definition) is 1. The standard InChI is InChI=1S/C21H24N2O2S/c1-5-13(2)16-9-10-17-19(11-16)26-21(22-17)23-20(24)12-25-18-8-6-7-14(3)15(18)4/h6-11,13H,5,12H2,1-4H3,(H,22,23,24). The lowest BCUT2D eigenvalue weighted by Gasteiger charge is -2.10. The van der Waals surface area contributed by atoms with Crippen molar-refractivity contribution >= 4 is 32.6 Å². The van der Waals surface area contributed by atoms with E-state index < -0.39 is 0 Å². The number of aryl methyl sites for hydroxylation is 1. The number of benzene rings is 2. The molecule has 0 saturated heterocycles. The second-order valence-corrected chi connectivity index (χ2v) is 7.62. The van der Waals surface area contributed by atoms with Crippen molar-refractivity contribution in [3.05, 3.63) is 53.1 Å². The predicted octanol–water partition coefficient (Wildman–Crippen LogP) is 5.44. The van der Waals surface area contributed by atoms with Crippen molar-refractivity contribution in [3.8, 4) is 5.75 Å². The van der Waals surface area contributed by atoms with Crippen LogP contribution in [0.5, 0.6) is 5.75 Å². The third-order valence-electron chi connectivity index (χ3n) is 4.75. The van der Waals surface area contributed by atoms with Crippen LogP contribution in [0.4, 0.5) is 5.13 Å². The molecular formula is C21H24N2O2S. The molecule has 1 atom stereocenters. The number of rotatable bonds is 6. The Balaban J connectivity index is 1.66. The van der Waals surface area contributed by atoms with Crippen LogP contribution in [0.1, 0.15) is 42.9 Å². The van der Waals surface area contributed by atoms with Crippen molar-refractivity contribution in [1.29, 1.82) is 0 Å². The monoisotopic (exact) mass is 368 g/mol. The highest BCUT2D eigenvalue weighted by Crippen LogP contribution is 2.30. The molecule has 1 aromatic heterocycles. The fourth-order valence-electron chi connectivity index (χ4n) is 2.72. The van der Waals surface area contributed by atoms with Crippen LogP contribution in [0.3, 0.4) is 0 Å². The summed E-state index contributed by atoms with van der Waals surface area (Å²) in [6.45, 7) is 8.39. The van der Waals surface area contributed by atoms with E-state index in [1.165, 1.54) is 16.9 Å². The van der Waals surface area contributed by atoms with E-state index in [1.807, 2.05) is 38.1 Å². The number of fused-ring (bicyclic) bond motifs is 1. The molecule has 3 rings (SSSR count). The quantitative estimate of drug-likeness (QED) is 0.630. The number of thiazole rings is 1. The molecule has 0 spiro atoms. The normalized spacial score (nSPS) is 12.2. The van der Waals surface area contributed by atoms with Crippen molar-refractivity contribution in [2.45, 2.75) is 40.0 Å². The zero-order valence-electron chi connectivity index (χ0n) is 15.6. The first-order valence-corrected chi connectivity index (χ1v) is 9.69. The van der Waals surface area contributed by atoms with E-state index in [0.29, 0.717) is 11.0 Å². The number of ether oxygens (including phenoxy) is 1. The second kappa shape index (κ2) is 7.87. The van der Waals surface area contributed by atoms with Crippen LogP contribution >= 0.6 is 11.3 Å². The zero-order chi connectivity index (χ0) is 18.7. The van der Waals surface area contributed by atoms with Crippen molar-refractivity contribution < 1.29 is 9.53 Å². The summed E-state index contributed by atoms with van der Waals surface area (Å²) >= 11 is 1.50. The number of carbonyl (C=O) groups excluding carboxylic acids is 1. The number of amides is 1. The first-order valence-electron chi connectivity index (χ1n) is 8.87. The molecule has 0 aliphatic carbocycles. The van der Waals surface area contributed by atoms with Gasteiger partial charge in [-0.15, -0.1) is 0 Å². The summed E-state index contributed by atoms with van der Waals surface area (Å²) in [5.41, 5.74) is 4.41. The minimum Gasteiger partial charge on any atom is -0.483 e. The smallest absolute Gasteiger partial charge is 0.264 e. The lowest BCUT2D eigenvalue weighted by atomic mass is 9.99. The molecule has 2 aromatic carbocycles. The lowest BCUT2D eigenvalue weighted by molar-refractivity contribution is -0.118. The molecule has 0 aliphatic rings. The van der Waals surface area contributed by atoms with Crippen molar-refractivity contribution in [2.75, 3.05) is 11.9 Å². The molecule has 0 aliphatic heterocycles. The van der Waals surface area contributed by atoms with Gasteiger partial charge in [0.1, 0.15) is 5.75 Å². The Kier molecular flexibility index (Phi) is 5.57. The highest BCUT2D eigenvalue weighted by Gasteiger charge is 2.11. The van der Waals surface area contributed by atoms with Gasteiger partial charge in [0.05, 0.1) is 10.2 Å². The van der Waals surface area contributed by atoms with Gasteiger partial charge in [-0.25, -0.2) is 4.98 Å². The number of aromatic nitrogens is 1. The molecule has 1 N–H and O–H groups in total. The number of anilines is 1. The third kappa shape index (κ3) is 4.05. The van der Waals surface area contributed by atoms with Crippen molar-refractivity contribution in [1.82, 2.24) is 4.98 Å². The van der Waals surface area contributed by atoms with Crippen LogP contribution in [-0.4, -0.2) is 17.5 Å². The van der Waals surface area contributed by atoms with Crippen molar-refractivity contribution in [3.63, 3.8) is 0 Å². The third-order valence-corrected chi connectivity index (χ3v) is 5.69. The van der Waals surface area contributed by atoms with Gasteiger partial charge in [0.15, 0.2) is 11.7 Å². The average Bonchev–Trinajstić information content (AvgIpc) is 3.03. The highest BCUT2D eigenvalue weighted by molar-refractivity contribution is 7.22. The molecule has 1 unspecified atom stereocenters. The van der Waals surface area contributed by atoms with E-state index in [0.717, 1.165) is 33.5 Å². The maximum absolute atomic E-state index is 12.2. The topological polar surface area (TPSA) is 51.2 Å². The summed E-state index contributed by atoms with van der Waals surface area (Å²) < 4.78 is 6.75. The lowest BCUT2D eigenvalue weighted by Crippen LogP contribution is -2.20. The molecule has 0 radical (unpaired) electrons. The Bertz CT molecular complexity index is 933. The Morgan fingerprint density at radius 1 is 1.27 bits per heavy atom.